The zero-order valence-corrected chi connectivity index (χ0v) is 9.23. The van der Waals surface area contributed by atoms with Gasteiger partial charge in [0.25, 0.3) is 0 Å². The molecule has 3 rings (SSSR count). The normalized spacial score (nSPS) is 29.6. The predicted molar refractivity (Wildman–Crippen MR) is 59.5 cm³/mol. The maximum absolute atomic E-state index is 12.8. The second-order valence-electron chi connectivity index (χ2n) is 4.88. The Kier molecular flexibility index (Phi) is 2.65. The second-order valence-corrected chi connectivity index (χ2v) is 4.88. The van der Waals surface area contributed by atoms with Gasteiger partial charge in [-0.1, -0.05) is 12.1 Å². The van der Waals surface area contributed by atoms with Gasteiger partial charge in [0.15, 0.2) is 0 Å². The van der Waals surface area contributed by atoms with Crippen molar-refractivity contribution in [1.29, 1.82) is 0 Å². The van der Waals surface area contributed by atoms with E-state index in [2.05, 4.69) is 4.90 Å². The van der Waals surface area contributed by atoms with Crippen LogP contribution >= 0.6 is 0 Å². The molecule has 0 aliphatic carbocycles. The van der Waals surface area contributed by atoms with Crippen molar-refractivity contribution in [3.63, 3.8) is 0 Å². The van der Waals surface area contributed by atoms with Crippen molar-refractivity contribution in [2.45, 2.75) is 6.54 Å². The number of likely N-dealkylation sites (tertiary alicyclic amines) is 1. The maximum Gasteiger partial charge on any atom is 0.123 e. The Morgan fingerprint density at radius 1 is 1.12 bits per heavy atom. The molecule has 0 unspecified atom stereocenters. The molecule has 0 bridgehead atoms. The van der Waals surface area contributed by atoms with Crippen molar-refractivity contribution in [3.05, 3.63) is 35.6 Å². The van der Waals surface area contributed by atoms with Crippen molar-refractivity contribution in [3.8, 4) is 0 Å². The molecule has 2 aliphatic heterocycles. The van der Waals surface area contributed by atoms with E-state index in [4.69, 9.17) is 4.74 Å². The van der Waals surface area contributed by atoms with E-state index in [-0.39, 0.29) is 5.82 Å². The van der Waals surface area contributed by atoms with Gasteiger partial charge in [-0.2, -0.15) is 0 Å². The minimum absolute atomic E-state index is 0.157. The number of hydrogen-bond acceptors (Lipinski definition) is 2. The lowest BCUT2D eigenvalue weighted by Gasteiger charge is -2.16. The van der Waals surface area contributed by atoms with Crippen LogP contribution in [-0.2, 0) is 11.3 Å². The van der Waals surface area contributed by atoms with Crippen molar-refractivity contribution in [2.75, 3.05) is 26.3 Å². The Morgan fingerprint density at radius 3 is 2.38 bits per heavy atom. The smallest absolute Gasteiger partial charge is 0.123 e. The molecule has 0 amide bonds. The third-order valence-corrected chi connectivity index (χ3v) is 3.64. The Bertz CT molecular complexity index is 353. The number of ether oxygens (including phenoxy) is 1. The standard InChI is InChI=1S/C13H16FNO/c14-13-3-1-10(2-4-13)5-15-6-11-8-16-9-12(11)7-15/h1-4,11-12H,5-9H2/t11-,12+. The number of benzene rings is 1. The molecular formula is C13H16FNO. The zero-order chi connectivity index (χ0) is 11.0. The molecule has 0 spiro atoms. The van der Waals surface area contributed by atoms with Crippen LogP contribution in [0.3, 0.4) is 0 Å². The van der Waals surface area contributed by atoms with Crippen LogP contribution in [0.15, 0.2) is 24.3 Å². The van der Waals surface area contributed by atoms with E-state index >= 15 is 0 Å². The first-order valence-corrected chi connectivity index (χ1v) is 5.86. The summed E-state index contributed by atoms with van der Waals surface area (Å²) in [5.41, 5.74) is 1.20. The van der Waals surface area contributed by atoms with E-state index in [1.165, 1.54) is 17.7 Å². The Balaban J connectivity index is 1.62. The highest BCUT2D eigenvalue weighted by molar-refractivity contribution is 5.16. The van der Waals surface area contributed by atoms with Crippen molar-refractivity contribution >= 4 is 0 Å². The number of fused-ring (bicyclic) bond motifs is 1. The number of halogens is 1. The molecule has 0 saturated carbocycles. The molecule has 2 fully saturated rings. The largest absolute Gasteiger partial charge is 0.381 e. The highest BCUT2D eigenvalue weighted by Crippen LogP contribution is 2.29. The molecule has 2 aliphatic rings. The fourth-order valence-corrected chi connectivity index (χ4v) is 2.76. The molecule has 3 heteroatoms. The van der Waals surface area contributed by atoms with Crippen LogP contribution in [0.4, 0.5) is 4.39 Å². The summed E-state index contributed by atoms with van der Waals surface area (Å²) in [5.74, 6) is 1.29. The fraction of sp³-hybridized carbons (Fsp3) is 0.538. The lowest BCUT2D eigenvalue weighted by atomic mass is 10.0. The molecule has 2 heterocycles. The minimum Gasteiger partial charge on any atom is -0.381 e. The Labute approximate surface area is 95.0 Å². The molecule has 1 aromatic rings. The number of nitrogens with zero attached hydrogens (tertiary/aromatic N) is 1. The molecule has 2 nitrogen and oxygen atoms in total. The lowest BCUT2D eigenvalue weighted by molar-refractivity contribution is 0.153. The minimum atomic E-state index is -0.157. The molecule has 1 aromatic carbocycles. The first-order valence-electron chi connectivity index (χ1n) is 5.86. The molecule has 0 radical (unpaired) electrons. The van der Waals surface area contributed by atoms with Gasteiger partial charge in [-0.3, -0.25) is 4.90 Å². The summed E-state index contributed by atoms with van der Waals surface area (Å²) in [5, 5.41) is 0. The molecule has 86 valence electrons. The van der Waals surface area contributed by atoms with E-state index in [1.54, 1.807) is 0 Å². The van der Waals surface area contributed by atoms with Crippen LogP contribution in [0.2, 0.25) is 0 Å². The van der Waals surface area contributed by atoms with Gasteiger partial charge in [0.2, 0.25) is 0 Å². The highest BCUT2D eigenvalue weighted by Gasteiger charge is 2.36. The van der Waals surface area contributed by atoms with Crippen LogP contribution in [0.5, 0.6) is 0 Å². The van der Waals surface area contributed by atoms with Crippen molar-refractivity contribution in [1.82, 2.24) is 4.90 Å². The van der Waals surface area contributed by atoms with Crippen LogP contribution in [-0.4, -0.2) is 31.2 Å². The molecule has 2 saturated heterocycles. The molecule has 16 heavy (non-hydrogen) atoms. The fourth-order valence-electron chi connectivity index (χ4n) is 2.76. The van der Waals surface area contributed by atoms with Crippen LogP contribution in [0.25, 0.3) is 0 Å². The maximum atomic E-state index is 12.8. The van der Waals surface area contributed by atoms with Crippen molar-refractivity contribution in [2.24, 2.45) is 11.8 Å². The molecular weight excluding hydrogens is 205 g/mol. The first kappa shape index (κ1) is 10.2. The van der Waals surface area contributed by atoms with Gasteiger partial charge < -0.3 is 4.74 Å². The topological polar surface area (TPSA) is 12.5 Å². The number of rotatable bonds is 2. The predicted octanol–water partition coefficient (Wildman–Crippen LogP) is 1.90. The SMILES string of the molecule is Fc1ccc(CN2C[C@H]3COC[C@H]3C2)cc1. The summed E-state index contributed by atoms with van der Waals surface area (Å²) in [7, 11) is 0. The Morgan fingerprint density at radius 2 is 1.75 bits per heavy atom. The summed E-state index contributed by atoms with van der Waals surface area (Å²) in [6.45, 7) is 5.03. The van der Waals surface area contributed by atoms with E-state index < -0.39 is 0 Å². The third kappa shape index (κ3) is 1.97. The average molecular weight is 221 g/mol. The van der Waals surface area contributed by atoms with Gasteiger partial charge in [0.05, 0.1) is 13.2 Å². The van der Waals surface area contributed by atoms with E-state index in [1.807, 2.05) is 12.1 Å². The van der Waals surface area contributed by atoms with Gasteiger partial charge in [-0.25, -0.2) is 4.39 Å². The van der Waals surface area contributed by atoms with E-state index in [0.29, 0.717) is 0 Å². The van der Waals surface area contributed by atoms with Gasteiger partial charge in [-0.05, 0) is 17.7 Å². The van der Waals surface area contributed by atoms with Crippen molar-refractivity contribution < 1.29 is 9.13 Å². The average Bonchev–Trinajstić information content (AvgIpc) is 2.81. The summed E-state index contributed by atoms with van der Waals surface area (Å²) < 4.78 is 18.2. The molecule has 0 aromatic heterocycles. The summed E-state index contributed by atoms with van der Waals surface area (Å²) >= 11 is 0. The highest BCUT2D eigenvalue weighted by atomic mass is 19.1. The summed E-state index contributed by atoms with van der Waals surface area (Å²) in [6.07, 6.45) is 0. The van der Waals surface area contributed by atoms with Gasteiger partial charge in [-0.15, -0.1) is 0 Å². The third-order valence-electron chi connectivity index (χ3n) is 3.64. The Hall–Kier alpha value is -0.930. The van der Waals surface area contributed by atoms with Crippen LogP contribution < -0.4 is 0 Å². The van der Waals surface area contributed by atoms with Crippen LogP contribution in [0, 0.1) is 17.7 Å². The lowest BCUT2D eigenvalue weighted by Crippen LogP contribution is -2.22. The summed E-state index contributed by atoms with van der Waals surface area (Å²) in [6, 6.07) is 6.82. The monoisotopic (exact) mass is 221 g/mol. The second kappa shape index (κ2) is 4.15. The van der Waals surface area contributed by atoms with E-state index in [0.717, 1.165) is 44.7 Å². The van der Waals surface area contributed by atoms with E-state index in [9.17, 15) is 4.39 Å². The molecule has 0 N–H and O–H groups in total. The van der Waals surface area contributed by atoms with Crippen LogP contribution in [0.1, 0.15) is 5.56 Å². The van der Waals surface area contributed by atoms with Gasteiger partial charge >= 0.3 is 0 Å². The van der Waals surface area contributed by atoms with Gasteiger partial charge in [0, 0.05) is 31.5 Å². The quantitative estimate of drug-likeness (QED) is 0.756. The summed E-state index contributed by atoms with van der Waals surface area (Å²) in [4.78, 5) is 2.45. The molecule has 2 atom stereocenters. The van der Waals surface area contributed by atoms with Gasteiger partial charge in [0.1, 0.15) is 5.82 Å². The zero-order valence-electron chi connectivity index (χ0n) is 9.23. The first-order chi connectivity index (χ1) is 7.81. The number of hydrogen-bond donors (Lipinski definition) is 0.